The fraction of sp³-hybridized carbons (Fsp3) is 0.875. The third kappa shape index (κ3) is 9.71. The average molecular weight is 177 g/mol. The molecule has 0 aromatic rings. The normalized spacial score (nSPS) is 10.2. The van der Waals surface area contributed by atoms with Crippen LogP contribution in [0.3, 0.4) is 0 Å². The van der Waals surface area contributed by atoms with Crippen molar-refractivity contribution in [3.63, 3.8) is 0 Å². The summed E-state index contributed by atoms with van der Waals surface area (Å²) in [7, 11) is 3.28. The zero-order valence-electron chi connectivity index (χ0n) is 7.75. The minimum Gasteiger partial charge on any atom is -0.382 e. The molecule has 0 saturated heterocycles. The molecule has 0 spiro atoms. The minimum atomic E-state index is 0.493. The lowest BCUT2D eigenvalue weighted by atomic mass is 10.7. The Morgan fingerprint density at radius 2 is 1.58 bits per heavy atom. The first kappa shape index (κ1) is 11.7. The Morgan fingerprint density at radius 1 is 0.917 bits per heavy atom. The van der Waals surface area contributed by atoms with Crippen LogP contribution >= 0.6 is 0 Å². The molecule has 0 amide bonds. The lowest BCUT2D eigenvalue weighted by Crippen LogP contribution is -2.06. The molecular formula is C8H17O4+. The fourth-order valence-electron chi connectivity index (χ4n) is 0.537. The summed E-state index contributed by atoms with van der Waals surface area (Å²) in [5.41, 5.74) is 0. The Hall–Kier alpha value is -0.290. The van der Waals surface area contributed by atoms with Gasteiger partial charge >= 0.3 is 0 Å². The van der Waals surface area contributed by atoms with Crippen LogP contribution in [0.5, 0.6) is 0 Å². The van der Waals surface area contributed by atoms with Crippen LogP contribution in [-0.2, 0) is 18.9 Å². The van der Waals surface area contributed by atoms with E-state index >= 15 is 0 Å². The molecule has 4 nitrogen and oxygen atoms in total. The molecule has 0 heterocycles. The number of ether oxygens (including phenoxy) is 4. The molecule has 0 unspecified atom stereocenters. The van der Waals surface area contributed by atoms with E-state index in [0.29, 0.717) is 33.0 Å². The molecule has 0 aliphatic carbocycles. The van der Waals surface area contributed by atoms with Gasteiger partial charge in [0, 0.05) is 14.2 Å². The summed E-state index contributed by atoms with van der Waals surface area (Å²) < 4.78 is 19.7. The monoisotopic (exact) mass is 177 g/mol. The predicted octanol–water partition coefficient (Wildman–Crippen LogP) is 0.474. The van der Waals surface area contributed by atoms with Gasteiger partial charge in [0.25, 0.3) is 6.61 Å². The average Bonchev–Trinajstić information content (AvgIpc) is 2.10. The number of methoxy groups -OCH3 is 2. The summed E-state index contributed by atoms with van der Waals surface area (Å²) in [6.45, 7) is 4.51. The van der Waals surface area contributed by atoms with E-state index < -0.39 is 0 Å². The van der Waals surface area contributed by atoms with E-state index in [2.05, 4.69) is 0 Å². The van der Waals surface area contributed by atoms with Crippen LogP contribution in [0.2, 0.25) is 0 Å². The van der Waals surface area contributed by atoms with E-state index in [9.17, 15) is 0 Å². The van der Waals surface area contributed by atoms with E-state index in [1.165, 1.54) is 0 Å². The van der Waals surface area contributed by atoms with E-state index in [4.69, 9.17) is 18.9 Å². The van der Waals surface area contributed by atoms with E-state index in [1.54, 1.807) is 20.8 Å². The highest BCUT2D eigenvalue weighted by Crippen LogP contribution is 1.84. The van der Waals surface area contributed by atoms with Gasteiger partial charge in [-0.15, -0.1) is 0 Å². The van der Waals surface area contributed by atoms with Gasteiger partial charge in [-0.1, -0.05) is 0 Å². The third-order valence-corrected chi connectivity index (χ3v) is 1.14. The Morgan fingerprint density at radius 3 is 2.25 bits per heavy atom. The molecule has 72 valence electrons. The van der Waals surface area contributed by atoms with Crippen LogP contribution in [0.25, 0.3) is 0 Å². The van der Waals surface area contributed by atoms with Crippen molar-refractivity contribution in [1.29, 1.82) is 0 Å². The van der Waals surface area contributed by atoms with E-state index in [0.717, 1.165) is 0 Å². The van der Waals surface area contributed by atoms with Gasteiger partial charge in [-0.3, -0.25) is 0 Å². The molecule has 0 aromatic heterocycles. The fourth-order valence-corrected chi connectivity index (χ4v) is 0.537. The quantitative estimate of drug-likeness (QED) is 0.379. The van der Waals surface area contributed by atoms with Crippen LogP contribution in [-0.4, -0.2) is 47.3 Å². The molecule has 0 rings (SSSR count). The number of rotatable bonds is 9. The Kier molecular flexibility index (Phi) is 10.5. The topological polar surface area (TPSA) is 36.9 Å². The van der Waals surface area contributed by atoms with Crippen molar-refractivity contribution in [3.05, 3.63) is 6.61 Å². The second kappa shape index (κ2) is 10.7. The molecule has 12 heavy (non-hydrogen) atoms. The summed E-state index contributed by atoms with van der Waals surface area (Å²) in [5, 5.41) is 0. The van der Waals surface area contributed by atoms with Crippen LogP contribution in [0.1, 0.15) is 0 Å². The van der Waals surface area contributed by atoms with E-state index in [-0.39, 0.29) is 0 Å². The maximum atomic E-state index is 5.11. The summed E-state index contributed by atoms with van der Waals surface area (Å²) in [6.07, 6.45) is 0. The largest absolute Gasteiger partial charge is 0.382 e. The summed E-state index contributed by atoms with van der Waals surface area (Å²) >= 11 is 0. The van der Waals surface area contributed by atoms with Crippen molar-refractivity contribution in [2.24, 2.45) is 0 Å². The Labute approximate surface area is 73.7 Å². The van der Waals surface area contributed by atoms with Crippen molar-refractivity contribution in [1.82, 2.24) is 0 Å². The predicted molar refractivity (Wildman–Crippen MR) is 44.8 cm³/mol. The van der Waals surface area contributed by atoms with Crippen LogP contribution < -0.4 is 0 Å². The molecule has 0 aliphatic rings. The number of hydrogen-bond acceptors (Lipinski definition) is 4. The lowest BCUT2D eigenvalue weighted by molar-refractivity contribution is 0.0411. The number of hydrogen-bond donors (Lipinski definition) is 0. The first-order valence-electron chi connectivity index (χ1n) is 3.90. The maximum Gasteiger partial charge on any atom is 0.254 e. The van der Waals surface area contributed by atoms with Crippen molar-refractivity contribution < 1.29 is 18.9 Å². The van der Waals surface area contributed by atoms with Crippen molar-refractivity contribution >= 4 is 0 Å². The van der Waals surface area contributed by atoms with Gasteiger partial charge in [0.2, 0.25) is 6.61 Å². The SMILES string of the molecule is COCCO[CH+]COCCOC. The van der Waals surface area contributed by atoms with Crippen molar-refractivity contribution in [2.45, 2.75) is 0 Å². The highest BCUT2D eigenvalue weighted by molar-refractivity contribution is 4.46. The van der Waals surface area contributed by atoms with E-state index in [1.807, 2.05) is 0 Å². The third-order valence-electron chi connectivity index (χ3n) is 1.14. The lowest BCUT2D eigenvalue weighted by Gasteiger charge is -1.97. The van der Waals surface area contributed by atoms with Crippen molar-refractivity contribution in [2.75, 3.05) is 47.3 Å². The molecule has 0 N–H and O–H groups in total. The highest BCUT2D eigenvalue weighted by atomic mass is 16.5. The molecule has 0 aliphatic heterocycles. The first-order valence-corrected chi connectivity index (χ1v) is 3.90. The van der Waals surface area contributed by atoms with Gasteiger partial charge in [0.05, 0.1) is 19.8 Å². The summed E-state index contributed by atoms with van der Waals surface area (Å²) in [4.78, 5) is 0. The molecule has 0 aromatic carbocycles. The van der Waals surface area contributed by atoms with Gasteiger partial charge in [-0.25, -0.2) is 0 Å². The van der Waals surface area contributed by atoms with Gasteiger partial charge in [-0.2, -0.15) is 4.74 Å². The molecular weight excluding hydrogens is 160 g/mol. The second-order valence-electron chi connectivity index (χ2n) is 2.10. The summed E-state index contributed by atoms with van der Waals surface area (Å²) in [5.74, 6) is 0. The van der Waals surface area contributed by atoms with Gasteiger partial charge < -0.3 is 14.2 Å². The van der Waals surface area contributed by atoms with Gasteiger partial charge in [0.1, 0.15) is 6.61 Å². The Balaban J connectivity index is 2.73. The van der Waals surface area contributed by atoms with Crippen LogP contribution in [0, 0.1) is 6.61 Å². The summed E-state index contributed by atoms with van der Waals surface area (Å²) in [6, 6.07) is 0. The Bertz CT molecular complexity index is 67.5. The minimum absolute atomic E-state index is 0.493. The van der Waals surface area contributed by atoms with Crippen LogP contribution in [0.4, 0.5) is 0 Å². The highest BCUT2D eigenvalue weighted by Gasteiger charge is 1.98. The zero-order chi connectivity index (χ0) is 9.07. The van der Waals surface area contributed by atoms with Gasteiger partial charge in [-0.05, 0) is 0 Å². The standard InChI is InChI=1S/C8H17O4/c1-9-3-5-11-7-8-12-6-4-10-2/h7H,3-6,8H2,1-2H3/q+1. The van der Waals surface area contributed by atoms with Gasteiger partial charge in [0.15, 0.2) is 0 Å². The molecule has 0 bridgehead atoms. The van der Waals surface area contributed by atoms with Crippen molar-refractivity contribution in [3.8, 4) is 0 Å². The smallest absolute Gasteiger partial charge is 0.254 e. The van der Waals surface area contributed by atoms with Crippen LogP contribution in [0.15, 0.2) is 0 Å². The maximum absolute atomic E-state index is 5.11. The second-order valence-corrected chi connectivity index (χ2v) is 2.10. The molecule has 0 radical (unpaired) electrons. The zero-order valence-corrected chi connectivity index (χ0v) is 7.75. The first-order chi connectivity index (χ1) is 5.91. The molecule has 0 atom stereocenters. The molecule has 0 saturated carbocycles. The molecule has 4 heteroatoms. The molecule has 0 fully saturated rings.